The van der Waals surface area contributed by atoms with E-state index < -0.39 is 54.9 Å². The fourth-order valence-electron chi connectivity index (χ4n) is 3.86. The third-order valence-corrected chi connectivity index (χ3v) is 8.93. The van der Waals surface area contributed by atoms with Crippen molar-refractivity contribution in [2.75, 3.05) is 19.0 Å². The molecule has 3 unspecified atom stereocenters. The molecular weight excluding hydrogens is 525 g/mol. The third kappa shape index (κ3) is 6.50. The summed E-state index contributed by atoms with van der Waals surface area (Å²) in [5.41, 5.74) is -1.35. The fourth-order valence-corrected chi connectivity index (χ4v) is 6.31. The molecule has 1 aliphatic carbocycles. The van der Waals surface area contributed by atoms with Gasteiger partial charge >= 0.3 is 13.4 Å². The minimum atomic E-state index is -3.91. The second-order valence-corrected chi connectivity index (χ2v) is 12.3. The van der Waals surface area contributed by atoms with Crippen LogP contribution in [-0.4, -0.2) is 62.2 Å². The summed E-state index contributed by atoms with van der Waals surface area (Å²) in [5, 5.41) is 22.7. The summed E-state index contributed by atoms with van der Waals surface area (Å²) in [7, 11) is -3.91. The highest BCUT2D eigenvalue weighted by molar-refractivity contribution is 8.13. The number of hydrogen-bond donors (Lipinski definition) is 4. The van der Waals surface area contributed by atoms with Crippen LogP contribution in [0.15, 0.2) is 52.2 Å². The first-order valence-corrected chi connectivity index (χ1v) is 14.2. The minimum Gasteiger partial charge on any atom is -0.395 e. The van der Waals surface area contributed by atoms with Crippen LogP contribution in [0.25, 0.3) is 0 Å². The summed E-state index contributed by atoms with van der Waals surface area (Å²) in [6, 6.07) is 10.4. The molecule has 1 saturated carbocycles. The van der Waals surface area contributed by atoms with E-state index >= 15 is 0 Å². The second-order valence-electron chi connectivity index (χ2n) is 9.48. The van der Waals surface area contributed by atoms with Gasteiger partial charge in [-0.05, 0) is 19.4 Å². The molecule has 0 bridgehead atoms. The zero-order valence-electron chi connectivity index (χ0n) is 20.3. The van der Waals surface area contributed by atoms with Gasteiger partial charge in [-0.3, -0.25) is 28.2 Å². The van der Waals surface area contributed by atoms with Crippen molar-refractivity contribution in [3.63, 3.8) is 0 Å². The van der Waals surface area contributed by atoms with Crippen molar-refractivity contribution in [1.82, 2.24) is 14.6 Å². The predicted octanol–water partition coefficient (Wildman–Crippen LogP) is 1.00. The number of aliphatic hydroxyl groups excluding tert-OH is 2. The quantitative estimate of drug-likeness (QED) is 0.218. The lowest BCUT2D eigenvalue weighted by Crippen LogP contribution is -2.37. The number of hydrogen-bond acceptors (Lipinski definition) is 10. The maximum absolute atomic E-state index is 13.6. The zero-order chi connectivity index (χ0) is 26.8. The average molecular weight is 556 g/mol. The van der Waals surface area contributed by atoms with E-state index in [-0.39, 0.29) is 30.6 Å². The molecule has 1 saturated heterocycles. The van der Waals surface area contributed by atoms with Gasteiger partial charge < -0.3 is 14.9 Å². The van der Waals surface area contributed by atoms with Crippen LogP contribution < -0.4 is 16.3 Å². The highest BCUT2D eigenvalue weighted by atomic mass is 32.2. The molecule has 4 rings (SSSR count). The molecule has 1 aromatic heterocycles. The maximum Gasteiger partial charge on any atom is 0.406 e. The number of benzene rings is 1. The molecule has 2 aliphatic rings. The Morgan fingerprint density at radius 1 is 1.27 bits per heavy atom. The van der Waals surface area contributed by atoms with Gasteiger partial charge in [0.25, 0.3) is 5.56 Å². The van der Waals surface area contributed by atoms with E-state index in [9.17, 15) is 29.2 Å². The number of nitrogens with one attached hydrogen (secondary N) is 2. The largest absolute Gasteiger partial charge is 0.406 e. The second kappa shape index (κ2) is 11.3. The Balaban J connectivity index is 1.38. The van der Waals surface area contributed by atoms with Gasteiger partial charge in [-0.25, -0.2) is 14.4 Å². The molecule has 1 aromatic carbocycles. The highest BCUT2D eigenvalue weighted by Gasteiger charge is 2.67. The average Bonchev–Trinajstić information content (AvgIpc) is 3.42. The fraction of sp³-hybridized carbons (Fsp3) is 0.522. The van der Waals surface area contributed by atoms with Crippen molar-refractivity contribution in [2.24, 2.45) is 11.3 Å². The summed E-state index contributed by atoms with van der Waals surface area (Å²) in [6.07, 6.45) is -2.30. The molecule has 2 heterocycles. The Morgan fingerprint density at radius 2 is 2.00 bits per heavy atom. The minimum absolute atomic E-state index is 0.0716. The first kappa shape index (κ1) is 27.9. The van der Waals surface area contributed by atoms with Crippen LogP contribution in [-0.2, 0) is 29.7 Å². The van der Waals surface area contributed by atoms with Crippen molar-refractivity contribution >= 4 is 24.6 Å². The topological polar surface area (TPSA) is 169 Å². The van der Waals surface area contributed by atoms with Gasteiger partial charge in [0.15, 0.2) is 11.3 Å². The summed E-state index contributed by atoms with van der Waals surface area (Å²) >= 11 is 0.964. The molecule has 6 atom stereocenters. The number of aliphatic hydroxyl groups is 2. The number of fused-ring (bicyclic) bond motifs is 1. The first-order valence-electron chi connectivity index (χ1n) is 11.7. The van der Waals surface area contributed by atoms with E-state index in [0.717, 1.165) is 28.0 Å². The molecule has 12 nitrogen and oxygen atoms in total. The van der Waals surface area contributed by atoms with E-state index in [1.807, 2.05) is 30.3 Å². The van der Waals surface area contributed by atoms with Crippen molar-refractivity contribution in [1.29, 1.82) is 0 Å². The van der Waals surface area contributed by atoms with Crippen LogP contribution in [0.5, 0.6) is 0 Å². The molecule has 2 aromatic rings. The number of H-pyrrole nitrogens is 1. The van der Waals surface area contributed by atoms with Gasteiger partial charge in [0.05, 0.1) is 24.7 Å². The maximum atomic E-state index is 13.6. The Labute approximate surface area is 216 Å². The molecule has 37 heavy (non-hydrogen) atoms. The Morgan fingerprint density at radius 3 is 2.62 bits per heavy atom. The van der Waals surface area contributed by atoms with Gasteiger partial charge in [-0.2, -0.15) is 0 Å². The summed E-state index contributed by atoms with van der Waals surface area (Å²) < 4.78 is 31.8. The Kier molecular flexibility index (Phi) is 8.56. The predicted molar refractivity (Wildman–Crippen MR) is 135 cm³/mol. The van der Waals surface area contributed by atoms with Gasteiger partial charge in [-0.1, -0.05) is 42.1 Å². The number of thioether (sulfide) groups is 1. The molecule has 0 spiro atoms. The van der Waals surface area contributed by atoms with Crippen LogP contribution in [0.3, 0.4) is 0 Å². The Bertz CT molecular complexity index is 1270. The summed E-state index contributed by atoms with van der Waals surface area (Å²) in [5.74, 6) is -0.364. The van der Waals surface area contributed by atoms with Crippen molar-refractivity contribution in [3.05, 3.63) is 69.0 Å². The van der Waals surface area contributed by atoms with E-state index in [0.29, 0.717) is 0 Å². The zero-order valence-corrected chi connectivity index (χ0v) is 22.0. The SMILES string of the molecule is CC(C)(CO)C(=O)SCCOP(=O)(NCc1ccccc1)OC1[C@H]2[C@@H]1OC(n1ccc(=O)[nH]c1=O)[C@@H]2O. The van der Waals surface area contributed by atoms with Gasteiger partial charge in [0, 0.05) is 30.5 Å². The number of carbonyl (C=O) groups excluding carboxylic acids is 1. The lowest BCUT2D eigenvalue weighted by atomic mass is 9.97. The number of carbonyl (C=O) groups is 1. The van der Waals surface area contributed by atoms with Crippen LogP contribution in [0.2, 0.25) is 0 Å². The van der Waals surface area contributed by atoms with Crippen LogP contribution >= 0.6 is 19.5 Å². The molecular formula is C23H30N3O9PS. The summed E-state index contributed by atoms with van der Waals surface area (Å²) in [4.78, 5) is 37.7. The number of aromatic amines is 1. The number of ether oxygens (including phenoxy) is 1. The normalized spacial score (nSPS) is 26.4. The first-order chi connectivity index (χ1) is 17.5. The molecule has 1 aliphatic heterocycles. The third-order valence-electron chi connectivity index (χ3n) is 6.16. The van der Waals surface area contributed by atoms with Crippen molar-refractivity contribution < 1.29 is 33.4 Å². The molecule has 0 amide bonds. The smallest absolute Gasteiger partial charge is 0.395 e. The molecule has 0 radical (unpaired) electrons. The lowest BCUT2D eigenvalue weighted by molar-refractivity contribution is -0.119. The van der Waals surface area contributed by atoms with Crippen molar-refractivity contribution in [2.45, 2.75) is 44.9 Å². The summed E-state index contributed by atoms with van der Waals surface area (Å²) in [6.45, 7) is 3.08. The van der Waals surface area contributed by atoms with E-state index in [2.05, 4.69) is 10.1 Å². The molecule has 202 valence electrons. The molecule has 4 N–H and O–H groups in total. The number of aromatic nitrogens is 2. The number of rotatable bonds is 12. The monoisotopic (exact) mass is 555 g/mol. The standard InChI is InChI=1S/C23H30N3O9PS/c1-23(2,13-27)21(30)37-11-10-33-36(32,24-12-14-6-4-3-5-7-14)35-19-16-17(29)20(34-18(16)19)26-9-8-15(28)25-22(26)31/h3-9,16-20,27,29H,10-13H2,1-2H3,(H,24,32)(H,25,28,31)/t16-,17-,18+,19?,20?,36?/m1/s1. The highest BCUT2D eigenvalue weighted by Crippen LogP contribution is 2.58. The number of nitrogens with zero attached hydrogens (tertiary/aromatic N) is 1. The van der Waals surface area contributed by atoms with Crippen molar-refractivity contribution in [3.8, 4) is 0 Å². The van der Waals surface area contributed by atoms with Gasteiger partial charge in [0.1, 0.15) is 12.2 Å². The van der Waals surface area contributed by atoms with E-state index in [4.69, 9.17) is 13.8 Å². The van der Waals surface area contributed by atoms with Gasteiger partial charge in [0.2, 0.25) is 0 Å². The molecule has 14 heteroatoms. The molecule has 2 fully saturated rings. The Hall–Kier alpha value is -2.09. The van der Waals surface area contributed by atoms with E-state index in [1.165, 1.54) is 6.20 Å². The van der Waals surface area contributed by atoms with Crippen LogP contribution in [0.1, 0.15) is 25.6 Å². The van der Waals surface area contributed by atoms with Gasteiger partial charge in [-0.15, -0.1) is 0 Å². The van der Waals surface area contributed by atoms with E-state index in [1.54, 1.807) is 13.8 Å². The van der Waals surface area contributed by atoms with Crippen LogP contribution in [0, 0.1) is 11.3 Å². The lowest BCUT2D eigenvalue weighted by Gasteiger charge is -2.24. The van der Waals surface area contributed by atoms with Crippen LogP contribution in [0.4, 0.5) is 0 Å².